The van der Waals surface area contributed by atoms with Gasteiger partial charge in [-0.3, -0.25) is 15.5 Å². The summed E-state index contributed by atoms with van der Waals surface area (Å²) >= 11 is 0. The molecule has 0 aliphatic heterocycles. The van der Waals surface area contributed by atoms with Crippen molar-refractivity contribution in [1.82, 2.24) is 9.97 Å². The molecule has 1 saturated carbocycles. The van der Waals surface area contributed by atoms with Crippen LogP contribution < -0.4 is 16.6 Å². The predicted octanol–water partition coefficient (Wildman–Crippen LogP) is 1.04. The Bertz CT molecular complexity index is 463. The average Bonchev–Trinajstić information content (AvgIpc) is 2.96. The van der Waals surface area contributed by atoms with Crippen LogP contribution in [0.2, 0.25) is 0 Å². The fourth-order valence-electron chi connectivity index (χ4n) is 2.16. The van der Waals surface area contributed by atoms with E-state index in [9.17, 15) is 10.1 Å². The number of nitrogen functional groups attached to an aromatic ring is 1. The number of hydrogen-bond donors (Lipinski definition) is 3. The highest BCUT2D eigenvalue weighted by Gasteiger charge is 2.18. The highest BCUT2D eigenvalue weighted by Crippen LogP contribution is 2.22. The molecule has 0 spiro atoms. The molecule has 0 saturated heterocycles. The summed E-state index contributed by atoms with van der Waals surface area (Å²) in [6, 6.07) is 0. The molecular formula is C11H18N6O3. The van der Waals surface area contributed by atoms with Gasteiger partial charge in [0, 0.05) is 6.54 Å². The lowest BCUT2D eigenvalue weighted by atomic mass is 10.3. The molecule has 1 aromatic heterocycles. The summed E-state index contributed by atoms with van der Waals surface area (Å²) < 4.78 is 5.67. The summed E-state index contributed by atoms with van der Waals surface area (Å²) in [4.78, 5) is 18.0. The molecule has 1 heterocycles. The second kappa shape index (κ2) is 6.96. The monoisotopic (exact) mass is 282 g/mol. The topological polar surface area (TPSA) is 128 Å². The highest BCUT2D eigenvalue weighted by atomic mass is 16.6. The molecule has 0 unspecified atom stereocenters. The van der Waals surface area contributed by atoms with Gasteiger partial charge >= 0.3 is 5.69 Å². The molecule has 0 radical (unpaired) electrons. The molecule has 1 aromatic rings. The maximum absolute atomic E-state index is 10.9. The number of nitrogens with two attached hydrogens (primary N) is 1. The van der Waals surface area contributed by atoms with Crippen molar-refractivity contribution in [2.75, 3.05) is 23.9 Å². The van der Waals surface area contributed by atoms with Crippen LogP contribution in [0.25, 0.3) is 0 Å². The molecular weight excluding hydrogens is 264 g/mol. The molecule has 1 aliphatic carbocycles. The van der Waals surface area contributed by atoms with E-state index in [0.717, 1.165) is 19.0 Å². The molecule has 20 heavy (non-hydrogen) atoms. The number of nitrogens with zero attached hydrogens (tertiary/aromatic N) is 3. The lowest BCUT2D eigenvalue weighted by molar-refractivity contribution is -0.384. The van der Waals surface area contributed by atoms with Gasteiger partial charge in [-0.25, -0.2) is 10.8 Å². The minimum atomic E-state index is -0.541. The molecule has 0 atom stereocenters. The van der Waals surface area contributed by atoms with Crippen molar-refractivity contribution in [2.24, 2.45) is 5.84 Å². The van der Waals surface area contributed by atoms with Crippen molar-refractivity contribution in [3.05, 3.63) is 16.3 Å². The summed E-state index contributed by atoms with van der Waals surface area (Å²) in [6.07, 6.45) is 6.03. The normalized spacial score (nSPS) is 15.2. The van der Waals surface area contributed by atoms with Gasteiger partial charge in [-0.2, -0.15) is 4.98 Å². The van der Waals surface area contributed by atoms with Crippen LogP contribution in [-0.4, -0.2) is 34.1 Å². The third-order valence-electron chi connectivity index (χ3n) is 3.15. The van der Waals surface area contributed by atoms with Gasteiger partial charge in [-0.05, 0) is 12.8 Å². The number of nitro groups is 1. The first kappa shape index (κ1) is 14.4. The van der Waals surface area contributed by atoms with Crippen molar-refractivity contribution in [3.63, 3.8) is 0 Å². The van der Waals surface area contributed by atoms with Crippen LogP contribution in [0.5, 0.6) is 0 Å². The molecule has 9 nitrogen and oxygen atoms in total. The minimum Gasteiger partial charge on any atom is -0.376 e. The SMILES string of the molecule is NNc1ncc([N+](=O)[O-])c(NCCOC2CCCC2)n1. The van der Waals surface area contributed by atoms with E-state index in [4.69, 9.17) is 10.6 Å². The first-order chi connectivity index (χ1) is 9.70. The zero-order chi connectivity index (χ0) is 14.4. The Morgan fingerprint density at radius 2 is 2.25 bits per heavy atom. The van der Waals surface area contributed by atoms with Gasteiger partial charge in [0.1, 0.15) is 6.20 Å². The number of aromatic nitrogens is 2. The van der Waals surface area contributed by atoms with E-state index in [1.165, 1.54) is 12.8 Å². The number of hydrazine groups is 1. The number of nitrogens with one attached hydrogen (secondary N) is 2. The van der Waals surface area contributed by atoms with E-state index in [2.05, 4.69) is 20.7 Å². The Morgan fingerprint density at radius 3 is 2.90 bits per heavy atom. The van der Waals surface area contributed by atoms with E-state index in [1.54, 1.807) is 0 Å². The van der Waals surface area contributed by atoms with Crippen molar-refractivity contribution in [1.29, 1.82) is 0 Å². The molecule has 0 amide bonds. The number of ether oxygens (including phenoxy) is 1. The van der Waals surface area contributed by atoms with Gasteiger partial charge in [-0.15, -0.1) is 0 Å². The van der Waals surface area contributed by atoms with Gasteiger partial charge in [0.15, 0.2) is 0 Å². The second-order valence-corrected chi connectivity index (χ2v) is 4.53. The van der Waals surface area contributed by atoms with Gasteiger partial charge in [-0.1, -0.05) is 12.8 Å². The fraction of sp³-hybridized carbons (Fsp3) is 0.636. The Hall–Kier alpha value is -2.00. The van der Waals surface area contributed by atoms with Crippen molar-refractivity contribution < 1.29 is 9.66 Å². The summed E-state index contributed by atoms with van der Waals surface area (Å²) in [5, 5.41) is 13.7. The molecule has 1 aliphatic rings. The second-order valence-electron chi connectivity index (χ2n) is 4.53. The first-order valence-corrected chi connectivity index (χ1v) is 6.54. The van der Waals surface area contributed by atoms with Crippen LogP contribution in [0, 0.1) is 10.1 Å². The van der Waals surface area contributed by atoms with Crippen molar-refractivity contribution in [2.45, 2.75) is 31.8 Å². The van der Waals surface area contributed by atoms with Crippen LogP contribution in [-0.2, 0) is 4.74 Å². The Balaban J connectivity index is 1.88. The number of rotatable bonds is 7. The van der Waals surface area contributed by atoms with Gasteiger partial charge in [0.2, 0.25) is 11.8 Å². The smallest absolute Gasteiger partial charge is 0.329 e. The van der Waals surface area contributed by atoms with Crippen LogP contribution in [0.1, 0.15) is 25.7 Å². The predicted molar refractivity (Wildman–Crippen MR) is 73.2 cm³/mol. The number of anilines is 2. The third kappa shape index (κ3) is 3.75. The molecule has 1 fully saturated rings. The Labute approximate surface area is 116 Å². The van der Waals surface area contributed by atoms with Gasteiger partial charge in [0.05, 0.1) is 17.6 Å². The lowest BCUT2D eigenvalue weighted by Crippen LogP contribution is -2.18. The van der Waals surface area contributed by atoms with Crippen molar-refractivity contribution in [3.8, 4) is 0 Å². The van der Waals surface area contributed by atoms with Crippen LogP contribution in [0.15, 0.2) is 6.20 Å². The van der Waals surface area contributed by atoms with Crippen LogP contribution >= 0.6 is 0 Å². The maximum atomic E-state index is 10.9. The minimum absolute atomic E-state index is 0.120. The van der Waals surface area contributed by atoms with E-state index in [-0.39, 0.29) is 17.5 Å². The Kier molecular flexibility index (Phi) is 5.02. The zero-order valence-corrected chi connectivity index (χ0v) is 11.0. The lowest BCUT2D eigenvalue weighted by Gasteiger charge is -2.12. The summed E-state index contributed by atoms with van der Waals surface area (Å²) in [6.45, 7) is 0.926. The molecule has 0 aromatic carbocycles. The van der Waals surface area contributed by atoms with E-state index < -0.39 is 4.92 Å². The van der Waals surface area contributed by atoms with Crippen molar-refractivity contribution >= 4 is 17.5 Å². The molecule has 9 heteroatoms. The number of hydrogen-bond acceptors (Lipinski definition) is 8. The van der Waals surface area contributed by atoms with E-state index in [1.807, 2.05) is 0 Å². The fourth-order valence-corrected chi connectivity index (χ4v) is 2.16. The van der Waals surface area contributed by atoms with E-state index in [0.29, 0.717) is 19.3 Å². The quantitative estimate of drug-likeness (QED) is 0.293. The summed E-state index contributed by atoms with van der Waals surface area (Å²) in [5.74, 6) is 5.44. The standard InChI is InChI=1S/C11H18N6O3/c12-16-11-14-7-9(17(18)19)10(15-11)13-5-6-20-8-3-1-2-4-8/h7-8H,1-6,12H2,(H2,13,14,15,16). The summed E-state index contributed by atoms with van der Waals surface area (Å²) in [5.41, 5.74) is 2.06. The zero-order valence-electron chi connectivity index (χ0n) is 11.0. The molecule has 2 rings (SSSR count). The molecule has 4 N–H and O–H groups in total. The van der Waals surface area contributed by atoms with Crippen LogP contribution in [0.4, 0.5) is 17.5 Å². The molecule has 0 bridgehead atoms. The van der Waals surface area contributed by atoms with Crippen LogP contribution in [0.3, 0.4) is 0 Å². The third-order valence-corrected chi connectivity index (χ3v) is 3.15. The molecule has 110 valence electrons. The first-order valence-electron chi connectivity index (χ1n) is 6.54. The maximum Gasteiger partial charge on any atom is 0.329 e. The highest BCUT2D eigenvalue weighted by molar-refractivity contribution is 5.56. The Morgan fingerprint density at radius 1 is 1.50 bits per heavy atom. The summed E-state index contributed by atoms with van der Waals surface area (Å²) in [7, 11) is 0. The van der Waals surface area contributed by atoms with Gasteiger partial charge < -0.3 is 10.1 Å². The van der Waals surface area contributed by atoms with Gasteiger partial charge in [0.25, 0.3) is 0 Å². The average molecular weight is 282 g/mol. The largest absolute Gasteiger partial charge is 0.376 e. The van der Waals surface area contributed by atoms with E-state index >= 15 is 0 Å².